The lowest BCUT2D eigenvalue weighted by Crippen LogP contribution is -2.36. The second-order valence-corrected chi connectivity index (χ2v) is 10.2. The normalized spacial score (nSPS) is 17.4. The van der Waals surface area contributed by atoms with Gasteiger partial charge in [-0.15, -0.1) is 0 Å². The van der Waals surface area contributed by atoms with E-state index < -0.39 is 10.0 Å². The highest BCUT2D eigenvalue weighted by Crippen LogP contribution is 2.23. The van der Waals surface area contributed by atoms with E-state index in [9.17, 15) is 13.2 Å². The molecule has 2 saturated heterocycles. The van der Waals surface area contributed by atoms with E-state index in [1.807, 2.05) is 0 Å². The van der Waals surface area contributed by atoms with E-state index in [0.29, 0.717) is 50.6 Å². The topological polar surface area (TPSA) is 123 Å². The molecule has 0 bridgehead atoms. The van der Waals surface area contributed by atoms with E-state index in [2.05, 4.69) is 25.3 Å². The third-order valence-corrected chi connectivity index (χ3v) is 8.06. The van der Waals surface area contributed by atoms with Crippen LogP contribution in [0.2, 0.25) is 0 Å². The van der Waals surface area contributed by atoms with Gasteiger partial charge in [-0.25, -0.2) is 23.1 Å². The van der Waals surface area contributed by atoms with E-state index in [0.717, 1.165) is 37.1 Å². The monoisotopic (exact) mass is 485 g/mol. The lowest BCUT2D eigenvalue weighted by Gasteiger charge is -2.27. The van der Waals surface area contributed by atoms with Crippen molar-refractivity contribution in [2.75, 3.05) is 50.8 Å². The zero-order chi connectivity index (χ0) is 23.5. The molecule has 5 rings (SSSR count). The highest BCUT2D eigenvalue weighted by atomic mass is 32.2. The molecule has 11 nitrogen and oxygen atoms in total. The van der Waals surface area contributed by atoms with Gasteiger partial charge < -0.3 is 15.0 Å². The standard InChI is InChI=1S/C22H27N7O4S/c30-22(17-3-5-18(6-4-17)34(31,32)28-8-1-2-9-28)23-7-10-29-21-19(15-26-29)20(24-16-25-21)27-11-13-33-14-12-27/h3-6,15-16H,1-2,7-14H2,(H,23,30). The zero-order valence-electron chi connectivity index (χ0n) is 18.8. The van der Waals surface area contributed by atoms with Crippen LogP contribution in [0.3, 0.4) is 0 Å². The Labute approximate surface area is 197 Å². The van der Waals surface area contributed by atoms with E-state index in [1.54, 1.807) is 23.0 Å². The van der Waals surface area contributed by atoms with Crippen LogP contribution in [-0.4, -0.2) is 84.3 Å². The van der Waals surface area contributed by atoms with E-state index in [1.165, 1.54) is 22.8 Å². The molecular formula is C22H27N7O4S. The molecule has 1 N–H and O–H groups in total. The Morgan fingerprint density at radius 2 is 1.76 bits per heavy atom. The molecule has 2 aliphatic rings. The molecule has 2 aliphatic heterocycles. The summed E-state index contributed by atoms with van der Waals surface area (Å²) < 4.78 is 33.9. The quantitative estimate of drug-likeness (QED) is 0.523. The van der Waals surface area contributed by atoms with Gasteiger partial charge in [-0.3, -0.25) is 4.79 Å². The van der Waals surface area contributed by atoms with Crippen molar-refractivity contribution in [3.63, 3.8) is 0 Å². The SMILES string of the molecule is O=C(NCCn1ncc2c(N3CCOCC3)ncnc21)c1ccc(S(=O)(=O)N2CCCC2)cc1. The van der Waals surface area contributed by atoms with Crippen LogP contribution in [0.4, 0.5) is 5.82 Å². The van der Waals surface area contributed by atoms with Crippen molar-refractivity contribution >= 4 is 32.8 Å². The molecule has 34 heavy (non-hydrogen) atoms. The average Bonchev–Trinajstić information content (AvgIpc) is 3.56. The second-order valence-electron chi connectivity index (χ2n) is 8.29. The highest BCUT2D eigenvalue weighted by molar-refractivity contribution is 7.89. The number of amides is 1. The van der Waals surface area contributed by atoms with E-state index >= 15 is 0 Å². The number of carbonyl (C=O) groups excluding carboxylic acids is 1. The Balaban J connectivity index is 1.21. The molecule has 1 amide bonds. The Morgan fingerprint density at radius 3 is 2.50 bits per heavy atom. The molecule has 0 saturated carbocycles. The van der Waals surface area contributed by atoms with Gasteiger partial charge in [0.15, 0.2) is 5.65 Å². The first kappa shape index (κ1) is 22.7. The molecule has 2 fully saturated rings. The smallest absolute Gasteiger partial charge is 0.251 e. The first-order chi connectivity index (χ1) is 16.5. The zero-order valence-corrected chi connectivity index (χ0v) is 19.6. The van der Waals surface area contributed by atoms with Gasteiger partial charge in [0, 0.05) is 38.3 Å². The number of anilines is 1. The van der Waals surface area contributed by atoms with Gasteiger partial charge in [-0.05, 0) is 37.1 Å². The summed E-state index contributed by atoms with van der Waals surface area (Å²) in [5, 5.41) is 8.16. The van der Waals surface area contributed by atoms with Crippen LogP contribution < -0.4 is 10.2 Å². The molecule has 0 spiro atoms. The van der Waals surface area contributed by atoms with Crippen LogP contribution in [0, 0.1) is 0 Å². The minimum absolute atomic E-state index is 0.213. The van der Waals surface area contributed by atoms with Gasteiger partial charge >= 0.3 is 0 Å². The number of nitrogens with one attached hydrogen (secondary N) is 1. The Bertz CT molecular complexity index is 1260. The maximum absolute atomic E-state index is 12.6. The van der Waals surface area contributed by atoms with Crippen LogP contribution in [0.15, 0.2) is 41.7 Å². The van der Waals surface area contributed by atoms with E-state index in [4.69, 9.17) is 4.74 Å². The molecule has 0 radical (unpaired) electrons. The molecule has 3 aromatic rings. The van der Waals surface area contributed by atoms with Crippen molar-refractivity contribution in [2.24, 2.45) is 0 Å². The first-order valence-corrected chi connectivity index (χ1v) is 12.9. The summed E-state index contributed by atoms with van der Waals surface area (Å²) >= 11 is 0. The summed E-state index contributed by atoms with van der Waals surface area (Å²) in [6, 6.07) is 6.08. The number of nitrogens with zero attached hydrogens (tertiary/aromatic N) is 6. The van der Waals surface area contributed by atoms with Gasteiger partial charge in [-0.1, -0.05) is 0 Å². The minimum Gasteiger partial charge on any atom is -0.378 e. The number of fused-ring (bicyclic) bond motifs is 1. The van der Waals surface area contributed by atoms with Crippen molar-refractivity contribution in [1.82, 2.24) is 29.4 Å². The summed E-state index contributed by atoms with van der Waals surface area (Å²) in [7, 11) is -3.49. The first-order valence-electron chi connectivity index (χ1n) is 11.4. The minimum atomic E-state index is -3.49. The van der Waals surface area contributed by atoms with Crippen molar-refractivity contribution in [2.45, 2.75) is 24.3 Å². The van der Waals surface area contributed by atoms with E-state index in [-0.39, 0.29) is 10.8 Å². The van der Waals surface area contributed by atoms with Crippen LogP contribution >= 0.6 is 0 Å². The summed E-state index contributed by atoms with van der Waals surface area (Å²) in [4.78, 5) is 23.8. The van der Waals surface area contributed by atoms with Gasteiger partial charge in [0.05, 0.1) is 36.2 Å². The number of sulfonamides is 1. The van der Waals surface area contributed by atoms with Crippen LogP contribution in [0.1, 0.15) is 23.2 Å². The molecular weight excluding hydrogens is 458 g/mol. The Morgan fingerprint density at radius 1 is 1.03 bits per heavy atom. The number of aromatic nitrogens is 4. The highest BCUT2D eigenvalue weighted by Gasteiger charge is 2.27. The number of rotatable bonds is 7. The Kier molecular flexibility index (Phi) is 6.44. The van der Waals surface area contributed by atoms with Crippen LogP contribution in [-0.2, 0) is 21.3 Å². The summed E-state index contributed by atoms with van der Waals surface area (Å²) in [5.41, 5.74) is 1.12. The fourth-order valence-corrected chi connectivity index (χ4v) is 5.82. The maximum atomic E-state index is 12.6. The second kappa shape index (κ2) is 9.65. The number of hydrogen-bond donors (Lipinski definition) is 1. The van der Waals surface area contributed by atoms with Crippen molar-refractivity contribution in [3.8, 4) is 0 Å². The average molecular weight is 486 g/mol. The molecule has 0 unspecified atom stereocenters. The van der Waals surface area contributed by atoms with Crippen molar-refractivity contribution in [1.29, 1.82) is 0 Å². The fraction of sp³-hybridized carbons (Fsp3) is 0.455. The predicted molar refractivity (Wildman–Crippen MR) is 125 cm³/mol. The molecule has 180 valence electrons. The van der Waals surface area contributed by atoms with Crippen molar-refractivity contribution in [3.05, 3.63) is 42.4 Å². The molecule has 4 heterocycles. The summed E-state index contributed by atoms with van der Waals surface area (Å²) in [5.74, 6) is 0.567. The molecule has 0 atom stereocenters. The van der Waals surface area contributed by atoms with Gasteiger partial charge in [0.2, 0.25) is 10.0 Å². The number of carbonyl (C=O) groups is 1. The lowest BCUT2D eigenvalue weighted by molar-refractivity contribution is 0.0952. The van der Waals surface area contributed by atoms with Gasteiger partial charge in [0.1, 0.15) is 12.1 Å². The van der Waals surface area contributed by atoms with Gasteiger partial charge in [-0.2, -0.15) is 9.40 Å². The number of morpholine rings is 1. The molecule has 12 heteroatoms. The summed E-state index contributed by atoms with van der Waals surface area (Å²) in [6.45, 7) is 4.75. The third kappa shape index (κ3) is 4.48. The fourth-order valence-electron chi connectivity index (χ4n) is 4.30. The number of hydrogen-bond acceptors (Lipinski definition) is 8. The van der Waals surface area contributed by atoms with Crippen LogP contribution in [0.25, 0.3) is 11.0 Å². The largest absolute Gasteiger partial charge is 0.378 e. The number of ether oxygens (including phenoxy) is 1. The lowest BCUT2D eigenvalue weighted by atomic mass is 10.2. The Hall–Kier alpha value is -3.09. The molecule has 2 aromatic heterocycles. The molecule has 1 aromatic carbocycles. The number of benzene rings is 1. The molecule has 0 aliphatic carbocycles. The summed E-state index contributed by atoms with van der Waals surface area (Å²) in [6.07, 6.45) is 5.04. The predicted octanol–water partition coefficient (Wildman–Crippen LogP) is 0.877. The van der Waals surface area contributed by atoms with Gasteiger partial charge in [0.25, 0.3) is 5.91 Å². The third-order valence-electron chi connectivity index (χ3n) is 6.15. The maximum Gasteiger partial charge on any atom is 0.251 e. The van der Waals surface area contributed by atoms with Crippen molar-refractivity contribution < 1.29 is 17.9 Å². The van der Waals surface area contributed by atoms with Crippen LogP contribution in [0.5, 0.6) is 0 Å².